The SMILES string of the molecule is Cc1ccc(C[C@H](N[S@@+]([O-])C(C)(C)C)c2ccccc2-c2noc3ccccc23)nc1. The summed E-state index contributed by atoms with van der Waals surface area (Å²) in [5.41, 5.74) is 5.56. The highest BCUT2D eigenvalue weighted by molar-refractivity contribution is 7.90. The van der Waals surface area contributed by atoms with E-state index in [1.807, 2.05) is 82.4 Å². The fourth-order valence-electron chi connectivity index (χ4n) is 3.45. The van der Waals surface area contributed by atoms with Crippen molar-refractivity contribution in [3.63, 3.8) is 0 Å². The van der Waals surface area contributed by atoms with Crippen molar-refractivity contribution in [3.8, 4) is 11.3 Å². The molecule has 4 rings (SSSR count). The number of para-hydroxylation sites is 1. The van der Waals surface area contributed by atoms with Crippen LogP contribution >= 0.6 is 0 Å². The van der Waals surface area contributed by atoms with Gasteiger partial charge in [-0.05, 0) is 57.0 Å². The van der Waals surface area contributed by atoms with Crippen molar-refractivity contribution in [2.24, 2.45) is 0 Å². The Balaban J connectivity index is 1.78. The second kappa shape index (κ2) is 8.83. The van der Waals surface area contributed by atoms with Crippen molar-refractivity contribution in [2.45, 2.75) is 44.9 Å². The Morgan fingerprint density at radius 3 is 2.52 bits per heavy atom. The summed E-state index contributed by atoms with van der Waals surface area (Å²) >= 11 is -1.25. The van der Waals surface area contributed by atoms with Gasteiger partial charge in [0.2, 0.25) is 0 Å². The molecule has 5 nitrogen and oxygen atoms in total. The molecule has 0 radical (unpaired) electrons. The van der Waals surface area contributed by atoms with Gasteiger partial charge in [0.15, 0.2) is 5.58 Å². The Morgan fingerprint density at radius 1 is 1.03 bits per heavy atom. The van der Waals surface area contributed by atoms with Crippen LogP contribution in [0.3, 0.4) is 0 Å². The second-order valence-electron chi connectivity index (χ2n) is 8.70. The number of nitrogens with one attached hydrogen (secondary N) is 1. The van der Waals surface area contributed by atoms with Crippen LogP contribution in [0.25, 0.3) is 22.2 Å². The molecule has 2 aromatic carbocycles. The molecule has 0 saturated heterocycles. The van der Waals surface area contributed by atoms with Gasteiger partial charge in [-0.2, -0.15) is 0 Å². The highest BCUT2D eigenvalue weighted by atomic mass is 32.2. The third-order valence-electron chi connectivity index (χ3n) is 5.16. The minimum atomic E-state index is -1.25. The first-order valence-corrected chi connectivity index (χ1v) is 11.5. The maximum absolute atomic E-state index is 13.0. The van der Waals surface area contributed by atoms with Crippen LogP contribution in [0.4, 0.5) is 0 Å². The maximum Gasteiger partial charge on any atom is 0.167 e. The van der Waals surface area contributed by atoms with Crippen LogP contribution in [0.2, 0.25) is 0 Å². The van der Waals surface area contributed by atoms with E-state index in [1.165, 1.54) is 0 Å². The minimum absolute atomic E-state index is 0.207. The topological polar surface area (TPSA) is 74.0 Å². The van der Waals surface area contributed by atoms with Gasteiger partial charge in [0, 0.05) is 40.6 Å². The van der Waals surface area contributed by atoms with Crippen molar-refractivity contribution < 1.29 is 9.08 Å². The van der Waals surface area contributed by atoms with Crippen LogP contribution in [-0.4, -0.2) is 19.4 Å². The van der Waals surface area contributed by atoms with E-state index in [0.29, 0.717) is 6.42 Å². The fraction of sp³-hybridized carbons (Fsp3) is 0.280. The van der Waals surface area contributed by atoms with Gasteiger partial charge in [-0.3, -0.25) is 4.98 Å². The highest BCUT2D eigenvalue weighted by Gasteiger charge is 2.31. The van der Waals surface area contributed by atoms with Gasteiger partial charge < -0.3 is 9.08 Å². The summed E-state index contributed by atoms with van der Waals surface area (Å²) in [6, 6.07) is 19.8. The van der Waals surface area contributed by atoms with Gasteiger partial charge in [-0.25, -0.2) is 0 Å². The molecular weight excluding hydrogens is 406 g/mol. The smallest absolute Gasteiger partial charge is 0.167 e. The number of aromatic nitrogens is 2. The summed E-state index contributed by atoms with van der Waals surface area (Å²) in [6.07, 6.45) is 2.47. The zero-order chi connectivity index (χ0) is 22.0. The first-order chi connectivity index (χ1) is 14.8. The average molecular weight is 434 g/mol. The Labute approximate surface area is 186 Å². The van der Waals surface area contributed by atoms with Gasteiger partial charge in [0.25, 0.3) is 0 Å². The molecule has 2 atom stereocenters. The summed E-state index contributed by atoms with van der Waals surface area (Å²) in [6.45, 7) is 7.92. The summed E-state index contributed by atoms with van der Waals surface area (Å²) in [7, 11) is 0. The van der Waals surface area contributed by atoms with Crippen LogP contribution in [0.15, 0.2) is 71.4 Å². The van der Waals surface area contributed by atoms with Crippen molar-refractivity contribution in [2.75, 3.05) is 0 Å². The number of pyridine rings is 1. The van der Waals surface area contributed by atoms with E-state index < -0.39 is 16.1 Å². The van der Waals surface area contributed by atoms with Gasteiger partial charge in [-0.15, -0.1) is 4.72 Å². The first kappa shape index (κ1) is 21.6. The summed E-state index contributed by atoms with van der Waals surface area (Å²) in [4.78, 5) is 4.58. The standard InChI is InChI=1S/C25H27N3O2S/c1-17-13-14-18(26-16-17)15-22(28-31(29)25(2,3)4)19-9-5-6-10-20(19)24-21-11-7-8-12-23(21)30-27-24/h5-14,16,22,28H,15H2,1-4H3/t22-,31-/m0/s1. The van der Waals surface area contributed by atoms with E-state index in [0.717, 1.165) is 39.0 Å². The molecule has 4 aromatic rings. The van der Waals surface area contributed by atoms with Crippen molar-refractivity contribution in [1.29, 1.82) is 0 Å². The number of aryl methyl sites for hydroxylation is 1. The Kier molecular flexibility index (Phi) is 6.14. The number of hydrogen-bond acceptors (Lipinski definition) is 5. The van der Waals surface area contributed by atoms with E-state index in [4.69, 9.17) is 4.52 Å². The van der Waals surface area contributed by atoms with E-state index in [9.17, 15) is 4.55 Å². The molecule has 0 unspecified atom stereocenters. The van der Waals surface area contributed by atoms with Crippen LogP contribution < -0.4 is 4.72 Å². The highest BCUT2D eigenvalue weighted by Crippen LogP contribution is 2.34. The van der Waals surface area contributed by atoms with E-state index in [1.54, 1.807) is 0 Å². The summed E-state index contributed by atoms with van der Waals surface area (Å²) < 4.78 is 21.6. The van der Waals surface area contributed by atoms with E-state index >= 15 is 0 Å². The van der Waals surface area contributed by atoms with Crippen LogP contribution in [0, 0.1) is 6.92 Å². The average Bonchev–Trinajstić information content (AvgIpc) is 3.18. The predicted octanol–water partition coefficient (Wildman–Crippen LogP) is 5.53. The zero-order valence-corrected chi connectivity index (χ0v) is 19.1. The fourth-order valence-corrected chi connectivity index (χ4v) is 4.27. The molecule has 0 aliphatic rings. The molecule has 6 heteroatoms. The lowest BCUT2D eigenvalue weighted by Crippen LogP contribution is -2.42. The largest absolute Gasteiger partial charge is 0.598 e. The number of fused-ring (bicyclic) bond motifs is 1. The number of hydrogen-bond donors (Lipinski definition) is 1. The van der Waals surface area contributed by atoms with E-state index in [2.05, 4.69) is 27.0 Å². The second-order valence-corrected chi connectivity index (χ2v) is 10.7. The third-order valence-corrected chi connectivity index (χ3v) is 6.77. The van der Waals surface area contributed by atoms with Crippen molar-refractivity contribution >= 4 is 22.3 Å². The maximum atomic E-state index is 13.0. The molecule has 0 spiro atoms. The Morgan fingerprint density at radius 2 is 1.77 bits per heavy atom. The zero-order valence-electron chi connectivity index (χ0n) is 18.3. The lowest BCUT2D eigenvalue weighted by molar-refractivity contribution is 0.459. The van der Waals surface area contributed by atoms with Crippen molar-refractivity contribution in [1.82, 2.24) is 14.9 Å². The molecule has 0 fully saturated rings. The normalized spacial score (nSPS) is 14.0. The van der Waals surface area contributed by atoms with Gasteiger partial charge >= 0.3 is 0 Å². The van der Waals surface area contributed by atoms with Gasteiger partial charge in [-0.1, -0.05) is 47.6 Å². The van der Waals surface area contributed by atoms with Crippen molar-refractivity contribution in [3.05, 3.63) is 83.7 Å². The molecule has 1 N–H and O–H groups in total. The lowest BCUT2D eigenvalue weighted by Gasteiger charge is -2.29. The molecular formula is C25H27N3O2S. The summed E-state index contributed by atoms with van der Waals surface area (Å²) in [5, 5.41) is 5.32. The molecule has 0 aliphatic carbocycles. The Bertz CT molecular complexity index is 1170. The monoisotopic (exact) mass is 433 g/mol. The molecule has 0 amide bonds. The van der Waals surface area contributed by atoms with Crippen LogP contribution in [0.1, 0.15) is 43.6 Å². The minimum Gasteiger partial charge on any atom is -0.598 e. The van der Waals surface area contributed by atoms with Crippen LogP contribution in [-0.2, 0) is 17.8 Å². The van der Waals surface area contributed by atoms with Gasteiger partial charge in [0.05, 0.1) is 6.04 Å². The number of rotatable bonds is 6. The number of nitrogens with zero attached hydrogens (tertiary/aromatic N) is 2. The van der Waals surface area contributed by atoms with E-state index in [-0.39, 0.29) is 6.04 Å². The molecule has 31 heavy (non-hydrogen) atoms. The molecule has 160 valence electrons. The molecule has 2 heterocycles. The Hall–Kier alpha value is -2.67. The third kappa shape index (κ3) is 4.82. The first-order valence-electron chi connectivity index (χ1n) is 10.4. The quantitative estimate of drug-likeness (QED) is 0.405. The molecule has 0 bridgehead atoms. The molecule has 0 aliphatic heterocycles. The van der Waals surface area contributed by atoms with Gasteiger partial charge in [0.1, 0.15) is 10.4 Å². The lowest BCUT2D eigenvalue weighted by atomic mass is 9.94. The molecule has 0 saturated carbocycles. The van der Waals surface area contributed by atoms with Crippen LogP contribution in [0.5, 0.6) is 0 Å². The predicted molar refractivity (Wildman–Crippen MR) is 126 cm³/mol. The number of benzene rings is 2. The molecule has 2 aromatic heterocycles. The summed E-state index contributed by atoms with van der Waals surface area (Å²) in [5.74, 6) is 0.